The summed E-state index contributed by atoms with van der Waals surface area (Å²) in [5.74, 6) is -6.10. The molecule has 2 aromatic carbocycles. The summed E-state index contributed by atoms with van der Waals surface area (Å²) in [6, 6.07) is 14.2. The largest absolute Gasteiger partial charge is 0.418 e. The summed E-state index contributed by atoms with van der Waals surface area (Å²) in [4.78, 5) is 12.0. The number of anilines is 2. The SMILES string of the molecule is OC(c1ccc(N2CCN(c3ccc(-c4ccc(C(F)(F)C(O)(Cn5cnnn5)c5ccc(F)cc5F)nc4)cc3)CC2)nc1)C(F)(F)F. The molecule has 1 fully saturated rings. The lowest BCUT2D eigenvalue weighted by molar-refractivity contribution is -0.207. The number of pyridine rings is 2. The molecule has 17 heteroatoms. The standard InChI is InChI=1S/C32H27F7N8O2/c33-23-5-8-25(26(34)15-23)30(49,18-47-19-42-43-44-47)31(35,36)27-9-3-21(16-40-27)20-1-6-24(7-2-20)45-11-13-46(14-12-45)28-10-4-22(17-41-28)29(48)32(37,38)39/h1-10,15-17,19,29,48-49H,11-14,18H2. The third kappa shape index (κ3) is 6.76. The Hall–Kier alpha value is -5.16. The number of tetrazole rings is 1. The smallest absolute Gasteiger partial charge is 0.379 e. The molecule has 0 aliphatic carbocycles. The van der Waals surface area contributed by atoms with Crippen LogP contribution in [0.15, 0.2) is 85.5 Å². The maximum Gasteiger partial charge on any atom is 0.418 e. The van der Waals surface area contributed by atoms with E-state index in [4.69, 9.17) is 0 Å². The Balaban J connectivity index is 1.14. The van der Waals surface area contributed by atoms with E-state index >= 15 is 8.78 Å². The Morgan fingerprint density at radius 1 is 0.776 bits per heavy atom. The molecule has 1 aliphatic rings. The molecule has 0 saturated carbocycles. The van der Waals surface area contributed by atoms with Crippen molar-refractivity contribution < 1.29 is 40.9 Å². The molecule has 0 spiro atoms. The molecule has 256 valence electrons. The fourth-order valence-electron chi connectivity index (χ4n) is 5.62. The minimum atomic E-state index is -4.78. The molecule has 2 unspecified atom stereocenters. The summed E-state index contributed by atoms with van der Waals surface area (Å²) in [6.07, 6.45) is -4.20. The van der Waals surface area contributed by atoms with Gasteiger partial charge in [-0.05, 0) is 52.4 Å². The second-order valence-electron chi connectivity index (χ2n) is 11.4. The fourth-order valence-corrected chi connectivity index (χ4v) is 5.62. The van der Waals surface area contributed by atoms with Crippen LogP contribution in [0.4, 0.5) is 42.2 Å². The Morgan fingerprint density at radius 2 is 1.47 bits per heavy atom. The van der Waals surface area contributed by atoms with Crippen molar-refractivity contribution in [3.8, 4) is 11.1 Å². The topological polar surface area (TPSA) is 116 Å². The fraction of sp³-hybridized carbons (Fsp3) is 0.281. The number of piperazine rings is 1. The van der Waals surface area contributed by atoms with Gasteiger partial charge in [-0.3, -0.25) is 4.98 Å². The quantitative estimate of drug-likeness (QED) is 0.206. The van der Waals surface area contributed by atoms with Gasteiger partial charge >= 0.3 is 12.1 Å². The van der Waals surface area contributed by atoms with Crippen molar-refractivity contribution in [1.29, 1.82) is 0 Å². The lowest BCUT2D eigenvalue weighted by Gasteiger charge is -2.37. The Labute approximate surface area is 274 Å². The van der Waals surface area contributed by atoms with E-state index in [1.165, 1.54) is 24.4 Å². The van der Waals surface area contributed by atoms with Crippen LogP contribution in [0.3, 0.4) is 0 Å². The summed E-state index contributed by atoms with van der Waals surface area (Å²) in [5, 5.41) is 31.0. The summed E-state index contributed by atoms with van der Waals surface area (Å²) < 4.78 is 99.7. The molecule has 5 aromatic rings. The van der Waals surface area contributed by atoms with Crippen LogP contribution in [0.5, 0.6) is 0 Å². The number of aliphatic hydroxyl groups is 2. The molecule has 1 saturated heterocycles. The summed E-state index contributed by atoms with van der Waals surface area (Å²) in [5.41, 5.74) is -3.31. The Kier molecular flexibility index (Phi) is 8.98. The minimum absolute atomic E-state index is 0.337. The molecule has 3 aromatic heterocycles. The zero-order chi connectivity index (χ0) is 35.0. The van der Waals surface area contributed by atoms with Crippen LogP contribution in [0.25, 0.3) is 11.1 Å². The maximum absolute atomic E-state index is 16.1. The van der Waals surface area contributed by atoms with Crippen LogP contribution in [-0.4, -0.2) is 72.7 Å². The number of rotatable bonds is 9. The molecule has 1 aliphatic heterocycles. The van der Waals surface area contributed by atoms with Gasteiger partial charge in [-0.25, -0.2) is 18.4 Å². The van der Waals surface area contributed by atoms with Crippen LogP contribution in [-0.2, 0) is 18.1 Å². The first kappa shape index (κ1) is 33.7. The number of alkyl halides is 5. The molecule has 10 nitrogen and oxygen atoms in total. The first-order chi connectivity index (χ1) is 23.3. The number of nitrogens with zero attached hydrogens (tertiary/aromatic N) is 8. The average molecular weight is 689 g/mol. The van der Waals surface area contributed by atoms with Gasteiger partial charge in [0.1, 0.15) is 29.5 Å². The minimum Gasteiger partial charge on any atom is -0.379 e. The van der Waals surface area contributed by atoms with Crippen LogP contribution in [0.2, 0.25) is 0 Å². The van der Waals surface area contributed by atoms with Gasteiger partial charge in [-0.1, -0.05) is 24.3 Å². The van der Waals surface area contributed by atoms with Crippen molar-refractivity contribution in [2.75, 3.05) is 36.0 Å². The van der Waals surface area contributed by atoms with Gasteiger partial charge in [-0.15, -0.1) is 5.10 Å². The molecular weight excluding hydrogens is 661 g/mol. The van der Waals surface area contributed by atoms with Crippen molar-refractivity contribution in [2.45, 2.75) is 30.3 Å². The second kappa shape index (κ2) is 13.0. The van der Waals surface area contributed by atoms with Gasteiger partial charge in [-0.2, -0.15) is 22.0 Å². The predicted molar refractivity (Wildman–Crippen MR) is 161 cm³/mol. The van der Waals surface area contributed by atoms with E-state index in [9.17, 15) is 32.2 Å². The van der Waals surface area contributed by atoms with Crippen LogP contribution >= 0.6 is 0 Å². The molecule has 6 rings (SSSR count). The average Bonchev–Trinajstić information content (AvgIpc) is 3.60. The van der Waals surface area contributed by atoms with Crippen molar-refractivity contribution >= 4 is 11.5 Å². The molecule has 0 radical (unpaired) electrons. The summed E-state index contributed by atoms with van der Waals surface area (Å²) >= 11 is 0. The number of hydrogen-bond donors (Lipinski definition) is 2. The molecule has 0 bridgehead atoms. The zero-order valence-electron chi connectivity index (χ0n) is 25.3. The van der Waals surface area contributed by atoms with Gasteiger partial charge in [0.25, 0.3) is 0 Å². The van der Waals surface area contributed by atoms with E-state index in [1.807, 2.05) is 17.0 Å². The van der Waals surface area contributed by atoms with E-state index in [0.29, 0.717) is 49.2 Å². The zero-order valence-corrected chi connectivity index (χ0v) is 25.3. The number of aromatic nitrogens is 6. The normalized spacial score (nSPS) is 16.0. The number of aliphatic hydroxyl groups excluding tert-OH is 1. The Morgan fingerprint density at radius 3 is 2.04 bits per heavy atom. The third-order valence-corrected chi connectivity index (χ3v) is 8.33. The van der Waals surface area contributed by atoms with E-state index < -0.39 is 53.2 Å². The van der Waals surface area contributed by atoms with Gasteiger partial charge in [0.15, 0.2) is 11.7 Å². The van der Waals surface area contributed by atoms with Crippen molar-refractivity contribution in [3.05, 3.63) is 114 Å². The molecule has 0 amide bonds. The predicted octanol–water partition coefficient (Wildman–Crippen LogP) is 5.01. The molecule has 4 heterocycles. The third-order valence-electron chi connectivity index (χ3n) is 8.33. The van der Waals surface area contributed by atoms with Crippen molar-refractivity contribution in [1.82, 2.24) is 30.2 Å². The number of halogens is 7. The van der Waals surface area contributed by atoms with Gasteiger partial charge in [0.2, 0.25) is 0 Å². The number of hydrogen-bond acceptors (Lipinski definition) is 9. The highest BCUT2D eigenvalue weighted by Gasteiger charge is 2.58. The Bertz CT molecular complexity index is 1870. The van der Waals surface area contributed by atoms with Crippen LogP contribution < -0.4 is 9.80 Å². The van der Waals surface area contributed by atoms with Gasteiger partial charge in [0.05, 0.1) is 6.54 Å². The molecule has 2 atom stereocenters. The first-order valence-electron chi connectivity index (χ1n) is 14.8. The lowest BCUT2D eigenvalue weighted by Crippen LogP contribution is -2.48. The summed E-state index contributed by atoms with van der Waals surface area (Å²) in [7, 11) is 0. The highest BCUT2D eigenvalue weighted by atomic mass is 19.4. The highest BCUT2D eigenvalue weighted by Crippen LogP contribution is 2.47. The van der Waals surface area contributed by atoms with Gasteiger partial charge in [0, 0.05) is 67.0 Å². The number of benzene rings is 2. The first-order valence-corrected chi connectivity index (χ1v) is 14.8. The molecular formula is C32H27F7N8O2. The highest BCUT2D eigenvalue weighted by molar-refractivity contribution is 5.66. The lowest BCUT2D eigenvalue weighted by atomic mass is 9.84. The van der Waals surface area contributed by atoms with E-state index in [1.54, 1.807) is 12.1 Å². The van der Waals surface area contributed by atoms with E-state index in [2.05, 4.69) is 30.4 Å². The van der Waals surface area contributed by atoms with Crippen molar-refractivity contribution in [3.63, 3.8) is 0 Å². The second-order valence-corrected chi connectivity index (χ2v) is 11.4. The molecule has 2 N–H and O–H groups in total. The van der Waals surface area contributed by atoms with Crippen molar-refractivity contribution in [2.24, 2.45) is 0 Å². The monoisotopic (exact) mass is 688 g/mol. The van der Waals surface area contributed by atoms with E-state index in [-0.39, 0.29) is 5.56 Å². The molecule has 49 heavy (non-hydrogen) atoms. The van der Waals surface area contributed by atoms with E-state index in [0.717, 1.165) is 41.1 Å². The summed E-state index contributed by atoms with van der Waals surface area (Å²) in [6.45, 7) is 1.28. The van der Waals surface area contributed by atoms with Crippen LogP contribution in [0.1, 0.15) is 22.9 Å². The van der Waals surface area contributed by atoms with Crippen LogP contribution in [0, 0.1) is 11.6 Å². The van der Waals surface area contributed by atoms with Gasteiger partial charge < -0.3 is 20.0 Å². The maximum atomic E-state index is 16.1.